The number of hydrogen-bond acceptors (Lipinski definition) is 5. The van der Waals surface area contributed by atoms with Crippen LogP contribution in [0.15, 0.2) is 34.7 Å². The van der Waals surface area contributed by atoms with E-state index in [0.29, 0.717) is 6.42 Å². The summed E-state index contributed by atoms with van der Waals surface area (Å²) in [5.41, 5.74) is 0.751. The third kappa shape index (κ3) is 2.22. The van der Waals surface area contributed by atoms with Crippen LogP contribution in [0.5, 0.6) is 0 Å². The van der Waals surface area contributed by atoms with Crippen LogP contribution in [-0.2, 0) is 19.1 Å². The molecule has 1 spiro atoms. The standard InChI is InChI=1S/C21H26O5/c1-13-7-9-20(2)15(18(22)24-3)5-4-6-17(20)21(13)11-16(26-19(21)23)14-8-10-25-12-14/h5,8,10,12-13,16-17H,4,6-7,9,11H2,1-3H3/t13-,16-,17-,20+,21-/m1/s1. The Labute approximate surface area is 153 Å². The van der Waals surface area contributed by atoms with Crippen molar-refractivity contribution in [3.8, 4) is 0 Å². The number of carbonyl (C=O) groups is 2. The van der Waals surface area contributed by atoms with Gasteiger partial charge in [0.2, 0.25) is 0 Å². The van der Waals surface area contributed by atoms with Gasteiger partial charge in [-0.05, 0) is 43.6 Å². The van der Waals surface area contributed by atoms with Crippen molar-refractivity contribution in [2.24, 2.45) is 22.7 Å². The fourth-order valence-electron chi connectivity index (χ4n) is 5.81. The minimum absolute atomic E-state index is 0.0854. The lowest BCUT2D eigenvalue weighted by atomic mass is 9.46. The molecule has 140 valence electrons. The molecule has 0 radical (unpaired) electrons. The molecular formula is C21H26O5. The van der Waals surface area contributed by atoms with Crippen LogP contribution in [0.4, 0.5) is 0 Å². The Morgan fingerprint density at radius 1 is 1.35 bits per heavy atom. The van der Waals surface area contributed by atoms with Crippen LogP contribution < -0.4 is 0 Å². The normalized spacial score (nSPS) is 39.3. The lowest BCUT2D eigenvalue weighted by Crippen LogP contribution is -2.54. The minimum atomic E-state index is -0.553. The highest BCUT2D eigenvalue weighted by molar-refractivity contribution is 5.91. The van der Waals surface area contributed by atoms with Gasteiger partial charge in [0.05, 0.1) is 25.1 Å². The molecular weight excluding hydrogens is 332 g/mol. The van der Waals surface area contributed by atoms with E-state index in [1.807, 2.05) is 12.1 Å². The predicted molar refractivity (Wildman–Crippen MR) is 93.9 cm³/mol. The molecule has 4 rings (SSSR count). The quantitative estimate of drug-likeness (QED) is 0.741. The van der Waals surface area contributed by atoms with Crippen molar-refractivity contribution in [3.05, 3.63) is 35.8 Å². The molecule has 5 nitrogen and oxygen atoms in total. The maximum Gasteiger partial charge on any atom is 0.333 e. The minimum Gasteiger partial charge on any atom is -0.472 e. The van der Waals surface area contributed by atoms with E-state index in [0.717, 1.165) is 36.8 Å². The van der Waals surface area contributed by atoms with Gasteiger partial charge in [0.15, 0.2) is 0 Å². The average molecular weight is 358 g/mol. The molecule has 1 aromatic rings. The predicted octanol–water partition coefficient (Wildman–Crippen LogP) is 4.20. The molecule has 1 saturated carbocycles. The molecule has 5 heteroatoms. The number of fused-ring (bicyclic) bond motifs is 2. The van der Waals surface area contributed by atoms with Crippen LogP contribution >= 0.6 is 0 Å². The van der Waals surface area contributed by atoms with E-state index in [1.165, 1.54) is 7.11 Å². The zero-order valence-corrected chi connectivity index (χ0v) is 15.6. The number of hydrogen-bond donors (Lipinski definition) is 0. The highest BCUT2D eigenvalue weighted by Gasteiger charge is 2.65. The van der Waals surface area contributed by atoms with Gasteiger partial charge < -0.3 is 13.9 Å². The average Bonchev–Trinajstić information content (AvgIpc) is 3.27. The molecule has 2 fully saturated rings. The van der Waals surface area contributed by atoms with Gasteiger partial charge in [-0.3, -0.25) is 4.79 Å². The van der Waals surface area contributed by atoms with E-state index in [-0.39, 0.29) is 35.3 Å². The molecule has 1 aromatic heterocycles. The summed E-state index contributed by atoms with van der Waals surface area (Å²) in [5, 5.41) is 0. The van der Waals surface area contributed by atoms with E-state index < -0.39 is 5.41 Å². The summed E-state index contributed by atoms with van der Waals surface area (Å²) in [6.45, 7) is 4.29. The summed E-state index contributed by atoms with van der Waals surface area (Å²) in [6.07, 6.45) is 9.16. The van der Waals surface area contributed by atoms with Crippen LogP contribution in [0.3, 0.4) is 0 Å². The lowest BCUT2D eigenvalue weighted by Gasteiger charge is -2.55. The zero-order chi connectivity index (χ0) is 18.5. The summed E-state index contributed by atoms with van der Waals surface area (Å²) in [6, 6.07) is 1.87. The van der Waals surface area contributed by atoms with Gasteiger partial charge >= 0.3 is 11.9 Å². The first kappa shape index (κ1) is 17.4. The van der Waals surface area contributed by atoms with Crippen LogP contribution in [0, 0.1) is 22.7 Å². The maximum atomic E-state index is 13.2. The monoisotopic (exact) mass is 358 g/mol. The summed E-state index contributed by atoms with van der Waals surface area (Å²) >= 11 is 0. The smallest absolute Gasteiger partial charge is 0.333 e. The van der Waals surface area contributed by atoms with Gasteiger partial charge in [-0.15, -0.1) is 0 Å². The van der Waals surface area contributed by atoms with Gasteiger partial charge in [-0.2, -0.15) is 0 Å². The number of ether oxygens (including phenoxy) is 2. The van der Waals surface area contributed by atoms with Crippen molar-refractivity contribution in [2.45, 2.75) is 52.1 Å². The first-order chi connectivity index (χ1) is 12.4. The molecule has 2 aliphatic carbocycles. The molecule has 26 heavy (non-hydrogen) atoms. The van der Waals surface area contributed by atoms with Crippen molar-refractivity contribution in [2.75, 3.05) is 7.11 Å². The number of furan rings is 1. The second-order valence-corrected chi connectivity index (χ2v) is 8.29. The SMILES string of the molecule is COC(=O)C1=CCC[C@H]2[C@@]3(C[C@H](c4ccoc4)OC3=O)[C@H](C)CC[C@@]12C. The Hall–Kier alpha value is -2.04. The molecule has 0 N–H and O–H groups in total. The van der Waals surface area contributed by atoms with Crippen LogP contribution in [0.25, 0.3) is 0 Å². The van der Waals surface area contributed by atoms with Gasteiger partial charge in [-0.25, -0.2) is 4.79 Å². The molecule has 1 saturated heterocycles. The van der Waals surface area contributed by atoms with Crippen LogP contribution in [0.2, 0.25) is 0 Å². The summed E-state index contributed by atoms with van der Waals surface area (Å²) in [4.78, 5) is 25.6. The third-order valence-corrected chi connectivity index (χ3v) is 7.26. The van der Waals surface area contributed by atoms with Crippen molar-refractivity contribution in [3.63, 3.8) is 0 Å². The second-order valence-electron chi connectivity index (χ2n) is 8.29. The van der Waals surface area contributed by atoms with Crippen molar-refractivity contribution in [1.29, 1.82) is 0 Å². The maximum absolute atomic E-state index is 13.2. The second kappa shape index (κ2) is 6.00. The number of cyclic esters (lactones) is 1. The van der Waals surface area contributed by atoms with E-state index in [2.05, 4.69) is 13.8 Å². The zero-order valence-electron chi connectivity index (χ0n) is 15.6. The van der Waals surface area contributed by atoms with E-state index >= 15 is 0 Å². The number of rotatable bonds is 2. The first-order valence-corrected chi connectivity index (χ1v) is 9.45. The summed E-state index contributed by atoms with van der Waals surface area (Å²) in [7, 11) is 1.43. The number of esters is 2. The fourth-order valence-corrected chi connectivity index (χ4v) is 5.81. The summed E-state index contributed by atoms with van der Waals surface area (Å²) < 4.78 is 16.1. The van der Waals surface area contributed by atoms with E-state index in [1.54, 1.807) is 12.5 Å². The Kier molecular flexibility index (Phi) is 4.01. The largest absolute Gasteiger partial charge is 0.472 e. The molecule has 3 aliphatic rings. The molecule has 1 aliphatic heterocycles. The van der Waals surface area contributed by atoms with Crippen LogP contribution in [0.1, 0.15) is 57.6 Å². The third-order valence-electron chi connectivity index (χ3n) is 7.26. The van der Waals surface area contributed by atoms with Crippen LogP contribution in [-0.4, -0.2) is 19.0 Å². The lowest BCUT2D eigenvalue weighted by molar-refractivity contribution is -0.163. The molecule has 5 atom stereocenters. The molecule has 0 aromatic carbocycles. The number of carbonyl (C=O) groups excluding carboxylic acids is 2. The Balaban J connectivity index is 1.75. The molecule has 0 amide bonds. The highest BCUT2D eigenvalue weighted by Crippen LogP contribution is 2.65. The first-order valence-electron chi connectivity index (χ1n) is 9.45. The Morgan fingerprint density at radius 2 is 2.15 bits per heavy atom. The Bertz CT molecular complexity index is 748. The highest BCUT2D eigenvalue weighted by atomic mass is 16.6. The van der Waals surface area contributed by atoms with Crippen molar-refractivity contribution in [1.82, 2.24) is 0 Å². The summed E-state index contributed by atoms with van der Waals surface area (Å²) in [5.74, 6) is -0.0675. The molecule has 0 unspecified atom stereocenters. The topological polar surface area (TPSA) is 65.7 Å². The van der Waals surface area contributed by atoms with Crippen molar-refractivity contribution >= 4 is 11.9 Å². The number of allylic oxidation sites excluding steroid dienone is 1. The van der Waals surface area contributed by atoms with Crippen molar-refractivity contribution < 1.29 is 23.5 Å². The van der Waals surface area contributed by atoms with E-state index in [9.17, 15) is 9.59 Å². The van der Waals surface area contributed by atoms with Gasteiger partial charge in [0.25, 0.3) is 0 Å². The fraction of sp³-hybridized carbons (Fsp3) is 0.619. The molecule has 2 heterocycles. The van der Waals surface area contributed by atoms with Gasteiger partial charge in [-0.1, -0.05) is 19.9 Å². The molecule has 0 bridgehead atoms. The van der Waals surface area contributed by atoms with Gasteiger partial charge in [0.1, 0.15) is 6.10 Å². The van der Waals surface area contributed by atoms with Gasteiger partial charge in [0, 0.05) is 23.0 Å². The Morgan fingerprint density at radius 3 is 2.85 bits per heavy atom. The number of methoxy groups -OCH3 is 1. The van der Waals surface area contributed by atoms with E-state index in [4.69, 9.17) is 13.9 Å².